The first-order valence-corrected chi connectivity index (χ1v) is 13.3. The van der Waals surface area contributed by atoms with E-state index in [4.69, 9.17) is 27.9 Å². The Morgan fingerprint density at radius 1 is 1.00 bits per heavy atom. The molecule has 2 N–H and O–H groups in total. The first kappa shape index (κ1) is 26.0. The van der Waals surface area contributed by atoms with Crippen LogP contribution in [-0.4, -0.2) is 40.4 Å². The van der Waals surface area contributed by atoms with Gasteiger partial charge in [0.15, 0.2) is 0 Å². The normalized spacial score (nSPS) is 13.7. The van der Waals surface area contributed by atoms with Gasteiger partial charge >= 0.3 is 0 Å². The highest BCUT2D eigenvalue weighted by molar-refractivity contribution is 6.42. The maximum Gasteiger partial charge on any atom is 0.255 e. The molecule has 3 aromatic carbocycles. The number of hydrogen-bond acceptors (Lipinski definition) is 4. The van der Waals surface area contributed by atoms with Crippen LogP contribution in [0.3, 0.4) is 0 Å². The number of rotatable bonds is 9. The molecular weight excluding hydrogens is 519 g/mol. The number of ether oxygens (including phenoxy) is 1. The third kappa shape index (κ3) is 6.84. The van der Waals surface area contributed by atoms with E-state index in [0.29, 0.717) is 27.0 Å². The minimum atomic E-state index is -0.262. The maximum absolute atomic E-state index is 12.5. The molecular formula is C30H28Cl2N4O2. The molecule has 0 unspecified atom stereocenters. The summed E-state index contributed by atoms with van der Waals surface area (Å²) < 4.78 is 6.01. The Balaban J connectivity index is 1.11. The summed E-state index contributed by atoms with van der Waals surface area (Å²) in [5.74, 6) is 2.25. The van der Waals surface area contributed by atoms with Crippen LogP contribution in [0.4, 0.5) is 5.69 Å². The molecule has 1 amide bonds. The Labute approximate surface area is 232 Å². The van der Waals surface area contributed by atoms with Gasteiger partial charge in [0.25, 0.3) is 5.91 Å². The number of H-pyrrole nitrogens is 1. The van der Waals surface area contributed by atoms with E-state index in [0.717, 1.165) is 50.5 Å². The second kappa shape index (κ2) is 12.3. The smallest absolute Gasteiger partial charge is 0.255 e. The van der Waals surface area contributed by atoms with Crippen molar-refractivity contribution >= 4 is 40.4 Å². The zero-order valence-electron chi connectivity index (χ0n) is 20.8. The van der Waals surface area contributed by atoms with Crippen LogP contribution >= 0.6 is 23.2 Å². The van der Waals surface area contributed by atoms with Crippen LogP contribution in [0.5, 0.6) is 11.5 Å². The molecule has 0 radical (unpaired) electrons. The SMILES string of the molecule is O=C(Nc1ccc(Oc2ccc(C3=CCN(CCCc4ncc[nH]4)CC3)cc2)cc1)c1ccc(Cl)c(Cl)c1. The van der Waals surface area contributed by atoms with Crippen LogP contribution in [0.2, 0.25) is 10.0 Å². The molecule has 5 rings (SSSR count). The molecule has 0 aliphatic carbocycles. The predicted molar refractivity (Wildman–Crippen MR) is 153 cm³/mol. The number of imidazole rings is 1. The van der Waals surface area contributed by atoms with Gasteiger partial charge in [-0.1, -0.05) is 41.4 Å². The second-order valence-electron chi connectivity index (χ2n) is 9.15. The third-order valence-electron chi connectivity index (χ3n) is 6.49. The minimum absolute atomic E-state index is 0.262. The lowest BCUT2D eigenvalue weighted by Crippen LogP contribution is -2.29. The number of hydrogen-bond donors (Lipinski definition) is 2. The molecule has 38 heavy (non-hydrogen) atoms. The lowest BCUT2D eigenvalue weighted by atomic mass is 9.99. The minimum Gasteiger partial charge on any atom is -0.457 e. The van der Waals surface area contributed by atoms with Crippen LogP contribution in [0, 0.1) is 0 Å². The molecule has 1 aliphatic heterocycles. The molecule has 4 aromatic rings. The van der Waals surface area contributed by atoms with Gasteiger partial charge in [0, 0.05) is 43.2 Å². The second-order valence-corrected chi connectivity index (χ2v) is 9.97. The molecule has 0 bridgehead atoms. The highest BCUT2D eigenvalue weighted by Gasteiger charge is 2.13. The molecule has 8 heteroatoms. The van der Waals surface area contributed by atoms with Gasteiger partial charge < -0.3 is 15.0 Å². The predicted octanol–water partition coefficient (Wildman–Crippen LogP) is 7.48. The van der Waals surface area contributed by atoms with E-state index < -0.39 is 0 Å². The summed E-state index contributed by atoms with van der Waals surface area (Å²) in [6.45, 7) is 3.12. The van der Waals surface area contributed by atoms with Crippen molar-refractivity contribution in [3.63, 3.8) is 0 Å². The van der Waals surface area contributed by atoms with Crippen molar-refractivity contribution in [3.8, 4) is 11.5 Å². The van der Waals surface area contributed by atoms with E-state index in [1.165, 1.54) is 11.1 Å². The van der Waals surface area contributed by atoms with Crippen molar-refractivity contribution in [3.05, 3.63) is 112 Å². The molecule has 2 heterocycles. The third-order valence-corrected chi connectivity index (χ3v) is 7.23. The van der Waals surface area contributed by atoms with Crippen molar-refractivity contribution in [2.45, 2.75) is 19.3 Å². The van der Waals surface area contributed by atoms with Crippen molar-refractivity contribution in [2.24, 2.45) is 0 Å². The monoisotopic (exact) mass is 546 g/mol. The number of aromatic nitrogens is 2. The highest BCUT2D eigenvalue weighted by Crippen LogP contribution is 2.28. The molecule has 0 saturated heterocycles. The van der Waals surface area contributed by atoms with E-state index in [-0.39, 0.29) is 5.91 Å². The summed E-state index contributed by atoms with van der Waals surface area (Å²) in [6, 6.07) is 20.2. The van der Waals surface area contributed by atoms with Crippen molar-refractivity contribution in [2.75, 3.05) is 25.0 Å². The maximum atomic E-state index is 12.5. The summed E-state index contributed by atoms with van der Waals surface area (Å²) in [5.41, 5.74) is 3.70. The molecule has 0 fully saturated rings. The van der Waals surface area contributed by atoms with Gasteiger partial charge in [-0.05, 0) is 85.1 Å². The quantitative estimate of drug-likeness (QED) is 0.228. The van der Waals surface area contributed by atoms with E-state index in [1.807, 2.05) is 30.5 Å². The van der Waals surface area contributed by atoms with E-state index in [9.17, 15) is 4.79 Å². The molecule has 0 atom stereocenters. The van der Waals surface area contributed by atoms with Crippen molar-refractivity contribution in [1.82, 2.24) is 14.9 Å². The standard InChI is InChI=1S/C30H28Cl2N4O2/c31-27-12-5-23(20-28(27)32)30(37)35-24-6-10-26(11-7-24)38-25-8-3-21(4-9-25)22-13-18-36(19-14-22)17-1-2-29-33-15-16-34-29/h3-13,15-16,20H,1-2,14,17-19H2,(H,33,34)(H,35,37). The van der Waals surface area contributed by atoms with Gasteiger partial charge in [-0.2, -0.15) is 0 Å². The Morgan fingerprint density at radius 3 is 2.42 bits per heavy atom. The Kier molecular flexibility index (Phi) is 8.44. The summed E-state index contributed by atoms with van der Waals surface area (Å²) in [6.07, 6.45) is 9.14. The largest absolute Gasteiger partial charge is 0.457 e. The van der Waals surface area contributed by atoms with Crippen LogP contribution < -0.4 is 10.1 Å². The van der Waals surface area contributed by atoms with Gasteiger partial charge in [0.1, 0.15) is 17.3 Å². The lowest BCUT2D eigenvalue weighted by Gasteiger charge is -2.26. The van der Waals surface area contributed by atoms with Crippen molar-refractivity contribution in [1.29, 1.82) is 0 Å². The molecule has 1 aliphatic rings. The number of anilines is 1. The summed E-state index contributed by atoms with van der Waals surface area (Å²) in [4.78, 5) is 22.4. The molecule has 1 aromatic heterocycles. The number of nitrogens with zero attached hydrogens (tertiary/aromatic N) is 2. The number of amides is 1. The van der Waals surface area contributed by atoms with Gasteiger partial charge in [-0.15, -0.1) is 0 Å². The van der Waals surface area contributed by atoms with Crippen LogP contribution in [-0.2, 0) is 6.42 Å². The first-order valence-electron chi connectivity index (χ1n) is 12.6. The van der Waals surface area contributed by atoms with Crippen LogP contribution in [0.15, 0.2) is 85.2 Å². The fourth-order valence-electron chi connectivity index (χ4n) is 4.40. The highest BCUT2D eigenvalue weighted by atomic mass is 35.5. The molecule has 0 saturated carbocycles. The number of carbonyl (C=O) groups excluding carboxylic acids is 1. The number of benzene rings is 3. The molecule has 0 spiro atoms. The molecule has 194 valence electrons. The van der Waals surface area contributed by atoms with Gasteiger partial charge in [0.05, 0.1) is 10.0 Å². The van der Waals surface area contributed by atoms with E-state index in [2.05, 4.69) is 38.4 Å². The number of aromatic amines is 1. The number of carbonyl (C=O) groups is 1. The van der Waals surface area contributed by atoms with Crippen LogP contribution in [0.25, 0.3) is 5.57 Å². The van der Waals surface area contributed by atoms with Gasteiger partial charge in [-0.25, -0.2) is 4.98 Å². The summed E-state index contributed by atoms with van der Waals surface area (Å²) >= 11 is 11.9. The average Bonchev–Trinajstić information content (AvgIpc) is 3.46. The zero-order valence-corrected chi connectivity index (χ0v) is 22.3. The number of nitrogens with one attached hydrogen (secondary N) is 2. The van der Waals surface area contributed by atoms with E-state index in [1.54, 1.807) is 36.5 Å². The number of aryl methyl sites for hydroxylation is 1. The summed E-state index contributed by atoms with van der Waals surface area (Å²) in [7, 11) is 0. The summed E-state index contributed by atoms with van der Waals surface area (Å²) in [5, 5.41) is 3.60. The zero-order chi connectivity index (χ0) is 26.3. The van der Waals surface area contributed by atoms with Crippen LogP contribution in [0.1, 0.15) is 34.6 Å². The van der Waals surface area contributed by atoms with Gasteiger partial charge in [0.2, 0.25) is 0 Å². The number of halogens is 2. The van der Waals surface area contributed by atoms with Crippen molar-refractivity contribution < 1.29 is 9.53 Å². The Morgan fingerprint density at radius 2 is 1.76 bits per heavy atom. The first-order chi connectivity index (χ1) is 18.5. The fraction of sp³-hybridized carbons (Fsp3) is 0.200. The Hall–Kier alpha value is -3.58. The topological polar surface area (TPSA) is 70.2 Å². The fourth-order valence-corrected chi connectivity index (χ4v) is 4.70. The lowest BCUT2D eigenvalue weighted by molar-refractivity contribution is 0.102. The molecule has 6 nitrogen and oxygen atoms in total. The Bertz CT molecular complexity index is 1400. The van der Waals surface area contributed by atoms with E-state index >= 15 is 0 Å². The van der Waals surface area contributed by atoms with Gasteiger partial charge in [-0.3, -0.25) is 9.69 Å². The average molecular weight is 547 g/mol.